The van der Waals surface area contributed by atoms with Crippen LogP contribution in [0.15, 0.2) is 52.2 Å². The molecule has 0 radical (unpaired) electrons. The first-order valence-corrected chi connectivity index (χ1v) is 9.77. The Bertz CT molecular complexity index is 967. The maximum atomic E-state index is 12.6. The summed E-state index contributed by atoms with van der Waals surface area (Å²) in [6, 6.07) is 10.0. The highest BCUT2D eigenvalue weighted by Crippen LogP contribution is 2.34. The summed E-state index contributed by atoms with van der Waals surface area (Å²) >= 11 is 0. The van der Waals surface area contributed by atoms with Crippen LogP contribution in [0.1, 0.15) is 49.3 Å². The summed E-state index contributed by atoms with van der Waals surface area (Å²) in [4.78, 5) is 36.6. The Kier molecular flexibility index (Phi) is 6.29. The summed E-state index contributed by atoms with van der Waals surface area (Å²) < 4.78 is 2.36. The molecule has 1 aromatic heterocycles. The first kappa shape index (κ1) is 19.9. The lowest BCUT2D eigenvalue weighted by atomic mass is 9.81. The third kappa shape index (κ3) is 4.50. The zero-order valence-electron chi connectivity index (χ0n) is 16.4. The van der Waals surface area contributed by atoms with Crippen LogP contribution >= 0.6 is 0 Å². The highest BCUT2D eigenvalue weighted by Gasteiger charge is 2.25. The van der Waals surface area contributed by atoms with Gasteiger partial charge in [0, 0.05) is 26.4 Å². The molecule has 1 aliphatic carbocycles. The first-order chi connectivity index (χ1) is 13.5. The summed E-state index contributed by atoms with van der Waals surface area (Å²) in [5.74, 6) is 0.175. The number of rotatable bonds is 5. The number of hydrogen-bond acceptors (Lipinski definition) is 3. The van der Waals surface area contributed by atoms with Crippen molar-refractivity contribution in [3.05, 3.63) is 74.6 Å². The minimum absolute atomic E-state index is 0.0402. The van der Waals surface area contributed by atoms with Gasteiger partial charge in [-0.25, -0.2) is 4.79 Å². The van der Waals surface area contributed by atoms with Crippen LogP contribution < -0.4 is 16.6 Å². The number of amides is 1. The Morgan fingerprint density at radius 1 is 1.11 bits per heavy atom. The third-order valence-corrected chi connectivity index (χ3v) is 5.46. The topological polar surface area (TPSA) is 73.1 Å². The van der Waals surface area contributed by atoms with E-state index >= 15 is 0 Å². The molecule has 1 N–H and O–H groups in total. The molecule has 1 aromatic carbocycles. The van der Waals surface area contributed by atoms with Crippen LogP contribution in [0.4, 0.5) is 0 Å². The summed E-state index contributed by atoms with van der Waals surface area (Å²) in [6.07, 6.45) is 10.1. The van der Waals surface area contributed by atoms with E-state index in [4.69, 9.17) is 0 Å². The molecule has 148 valence electrons. The van der Waals surface area contributed by atoms with E-state index in [0.29, 0.717) is 11.5 Å². The Hall–Kier alpha value is -2.89. The van der Waals surface area contributed by atoms with E-state index in [1.807, 2.05) is 30.3 Å². The van der Waals surface area contributed by atoms with E-state index < -0.39 is 11.2 Å². The van der Waals surface area contributed by atoms with Gasteiger partial charge in [0.1, 0.15) is 0 Å². The molecule has 1 fully saturated rings. The Morgan fingerprint density at radius 2 is 1.79 bits per heavy atom. The Morgan fingerprint density at radius 3 is 2.46 bits per heavy atom. The number of carbonyl (C=O) groups excluding carboxylic acids is 1. The lowest BCUT2D eigenvalue weighted by Gasteiger charge is -2.31. The minimum atomic E-state index is -0.418. The number of aromatic nitrogens is 2. The molecule has 3 rings (SSSR count). The maximum absolute atomic E-state index is 12.6. The van der Waals surface area contributed by atoms with Crippen LogP contribution in [0, 0.1) is 5.92 Å². The zero-order valence-corrected chi connectivity index (χ0v) is 16.4. The number of carbonyl (C=O) groups is 1. The van der Waals surface area contributed by atoms with Crippen molar-refractivity contribution in [3.63, 3.8) is 0 Å². The lowest BCUT2D eigenvalue weighted by molar-refractivity contribution is -0.117. The van der Waals surface area contributed by atoms with Crippen LogP contribution in [-0.2, 0) is 18.9 Å². The number of nitrogens with one attached hydrogen (secondary N) is 1. The van der Waals surface area contributed by atoms with Crippen LogP contribution in [-0.4, -0.2) is 15.0 Å². The van der Waals surface area contributed by atoms with Crippen LogP contribution in [0.25, 0.3) is 6.08 Å². The molecule has 2 aromatic rings. The molecular weight excluding hydrogens is 354 g/mol. The molecule has 0 saturated heterocycles. The van der Waals surface area contributed by atoms with Gasteiger partial charge in [0.05, 0.1) is 11.6 Å². The second-order valence-electron chi connectivity index (χ2n) is 7.47. The van der Waals surface area contributed by atoms with Gasteiger partial charge in [0.2, 0.25) is 5.91 Å². The normalized spacial score (nSPS) is 16.2. The summed E-state index contributed by atoms with van der Waals surface area (Å²) in [6.45, 7) is 0. The summed E-state index contributed by atoms with van der Waals surface area (Å²) in [5.41, 5.74) is 0.593. The van der Waals surface area contributed by atoms with Gasteiger partial charge >= 0.3 is 5.69 Å². The van der Waals surface area contributed by atoms with Gasteiger partial charge in [-0.15, -0.1) is 0 Å². The molecular formula is C22H27N3O3. The fourth-order valence-electron chi connectivity index (χ4n) is 3.92. The van der Waals surface area contributed by atoms with Gasteiger partial charge in [-0.2, -0.15) is 0 Å². The molecule has 28 heavy (non-hydrogen) atoms. The number of hydrogen-bond donors (Lipinski definition) is 1. The highest BCUT2D eigenvalue weighted by atomic mass is 16.2. The average molecular weight is 381 g/mol. The predicted molar refractivity (Wildman–Crippen MR) is 110 cm³/mol. The summed E-state index contributed by atoms with van der Waals surface area (Å²) in [5, 5.41) is 3.13. The first-order valence-electron chi connectivity index (χ1n) is 9.77. The van der Waals surface area contributed by atoms with E-state index in [0.717, 1.165) is 23.0 Å². The van der Waals surface area contributed by atoms with Gasteiger partial charge in [-0.05, 0) is 30.4 Å². The van der Waals surface area contributed by atoms with Gasteiger partial charge in [-0.1, -0.05) is 49.6 Å². The monoisotopic (exact) mass is 381 g/mol. The Balaban J connectivity index is 1.80. The Labute approximate surface area is 164 Å². The number of nitrogens with zero attached hydrogens (tertiary/aromatic N) is 2. The molecule has 0 unspecified atom stereocenters. The maximum Gasteiger partial charge on any atom is 0.330 e. The van der Waals surface area contributed by atoms with Gasteiger partial charge in [0.15, 0.2) is 0 Å². The highest BCUT2D eigenvalue weighted by molar-refractivity contribution is 5.91. The zero-order chi connectivity index (χ0) is 20.1. The van der Waals surface area contributed by atoms with Crippen LogP contribution in [0.5, 0.6) is 0 Å². The van der Waals surface area contributed by atoms with E-state index in [-0.39, 0.29) is 11.9 Å². The fraction of sp³-hybridized carbons (Fsp3) is 0.409. The molecule has 1 amide bonds. The molecule has 0 aliphatic heterocycles. The minimum Gasteiger partial charge on any atom is -0.345 e. The van der Waals surface area contributed by atoms with Crippen molar-refractivity contribution >= 4 is 12.0 Å². The van der Waals surface area contributed by atoms with Gasteiger partial charge in [-0.3, -0.25) is 14.2 Å². The molecule has 1 aliphatic rings. The van der Waals surface area contributed by atoms with Crippen molar-refractivity contribution in [1.82, 2.24) is 14.5 Å². The SMILES string of the molecule is Cn1cc(/C=C/C(=O)N[C@@H](c2ccccc2)C2CCCCC2)c(=O)n(C)c1=O. The van der Waals surface area contributed by atoms with E-state index in [9.17, 15) is 14.4 Å². The van der Waals surface area contributed by atoms with Crippen molar-refractivity contribution in [2.75, 3.05) is 0 Å². The predicted octanol–water partition coefficient (Wildman–Crippen LogP) is 2.54. The molecule has 0 bridgehead atoms. The standard InChI is InChI=1S/C22H27N3O3/c1-24-15-18(21(27)25(2)22(24)28)13-14-19(26)23-20(16-9-5-3-6-10-16)17-11-7-4-8-12-17/h3,5-6,9-10,13-15,17,20H,4,7-8,11-12H2,1-2H3,(H,23,26)/b14-13+/t20-/m0/s1. The van der Waals surface area contributed by atoms with Crippen molar-refractivity contribution in [3.8, 4) is 0 Å². The van der Waals surface area contributed by atoms with Gasteiger partial charge < -0.3 is 9.88 Å². The molecule has 6 heteroatoms. The second-order valence-corrected chi connectivity index (χ2v) is 7.47. The van der Waals surface area contributed by atoms with Crippen LogP contribution in [0.2, 0.25) is 0 Å². The number of benzene rings is 1. The van der Waals surface area contributed by atoms with E-state index in [1.165, 1.54) is 49.2 Å². The molecule has 1 atom stereocenters. The molecule has 1 saturated carbocycles. The van der Waals surface area contributed by atoms with Crippen LogP contribution in [0.3, 0.4) is 0 Å². The van der Waals surface area contributed by atoms with E-state index in [1.54, 1.807) is 7.05 Å². The number of aryl methyl sites for hydroxylation is 1. The molecule has 1 heterocycles. The summed E-state index contributed by atoms with van der Waals surface area (Å²) in [7, 11) is 3.00. The smallest absolute Gasteiger partial charge is 0.330 e. The van der Waals surface area contributed by atoms with Crippen molar-refractivity contribution < 1.29 is 4.79 Å². The van der Waals surface area contributed by atoms with Crippen molar-refractivity contribution in [2.45, 2.75) is 38.1 Å². The molecule has 0 spiro atoms. The van der Waals surface area contributed by atoms with Gasteiger partial charge in [0.25, 0.3) is 5.56 Å². The van der Waals surface area contributed by atoms with Crippen molar-refractivity contribution in [1.29, 1.82) is 0 Å². The largest absolute Gasteiger partial charge is 0.345 e. The average Bonchev–Trinajstić information content (AvgIpc) is 2.73. The fourth-order valence-corrected chi connectivity index (χ4v) is 3.92. The third-order valence-electron chi connectivity index (χ3n) is 5.46. The van der Waals surface area contributed by atoms with Crippen molar-refractivity contribution in [2.24, 2.45) is 20.0 Å². The molecule has 6 nitrogen and oxygen atoms in total. The second kappa shape index (κ2) is 8.87. The van der Waals surface area contributed by atoms with E-state index in [2.05, 4.69) is 5.32 Å². The quantitative estimate of drug-likeness (QED) is 0.809. The lowest BCUT2D eigenvalue weighted by Crippen LogP contribution is -2.37.